The minimum atomic E-state index is -0.983. The van der Waals surface area contributed by atoms with Gasteiger partial charge in [-0.3, -0.25) is 0 Å². The summed E-state index contributed by atoms with van der Waals surface area (Å²) >= 11 is 0. The predicted octanol–water partition coefficient (Wildman–Crippen LogP) is 9.77. The highest BCUT2D eigenvalue weighted by Gasteiger charge is 2.17. The molecule has 0 radical (unpaired) electrons. The lowest BCUT2D eigenvalue weighted by Crippen LogP contribution is -2.03. The van der Waals surface area contributed by atoms with Gasteiger partial charge in [-0.25, -0.2) is 8.78 Å². The van der Waals surface area contributed by atoms with Crippen LogP contribution in [0.25, 0.3) is 27.8 Å². The topological polar surface area (TPSA) is 9.23 Å². The molecule has 4 rings (SSSR count). The highest BCUT2D eigenvalue weighted by atomic mass is 19.2. The molecule has 3 aromatic carbocycles. The standard InChI is InChI=1S/C32H33F3O/c1-3-5-6-20-36-30-19-18-28(31(34)32(30)35)25-14-12-24(13-15-25)27-17-16-26(21-29(27)33)23-10-8-22(7-4-2)9-11-23/h4,7,10,12-19,21-22H,3,5-6,8-9,11,20H2,1-2H3. The van der Waals surface area contributed by atoms with Crippen molar-refractivity contribution in [1.29, 1.82) is 0 Å². The Morgan fingerprint density at radius 3 is 2.19 bits per heavy atom. The fourth-order valence-electron chi connectivity index (χ4n) is 4.74. The van der Waals surface area contributed by atoms with Crippen molar-refractivity contribution in [2.24, 2.45) is 5.92 Å². The number of halogens is 3. The molecular weight excluding hydrogens is 457 g/mol. The van der Waals surface area contributed by atoms with Crippen LogP contribution in [0.4, 0.5) is 13.2 Å². The number of allylic oxidation sites excluding steroid dienone is 4. The van der Waals surface area contributed by atoms with Crippen LogP contribution in [0, 0.1) is 23.4 Å². The Balaban J connectivity index is 1.49. The minimum Gasteiger partial charge on any atom is -0.490 e. The first-order valence-electron chi connectivity index (χ1n) is 12.8. The monoisotopic (exact) mass is 490 g/mol. The lowest BCUT2D eigenvalue weighted by Gasteiger charge is -2.20. The van der Waals surface area contributed by atoms with Gasteiger partial charge in [-0.1, -0.05) is 74.4 Å². The van der Waals surface area contributed by atoms with E-state index in [4.69, 9.17) is 4.74 Å². The molecule has 0 N–H and O–H groups in total. The van der Waals surface area contributed by atoms with E-state index in [1.54, 1.807) is 36.4 Å². The molecule has 1 aliphatic rings. The molecule has 0 fully saturated rings. The quantitative estimate of drug-likeness (QED) is 0.214. The first-order valence-corrected chi connectivity index (χ1v) is 12.8. The van der Waals surface area contributed by atoms with Gasteiger partial charge in [-0.05, 0) is 79.0 Å². The molecule has 0 spiro atoms. The summed E-state index contributed by atoms with van der Waals surface area (Å²) in [6, 6.07) is 15.2. The Hall–Kier alpha value is -3.27. The summed E-state index contributed by atoms with van der Waals surface area (Å²) in [5, 5.41) is 0. The van der Waals surface area contributed by atoms with Crippen molar-refractivity contribution < 1.29 is 17.9 Å². The van der Waals surface area contributed by atoms with E-state index in [-0.39, 0.29) is 17.1 Å². The normalized spacial score (nSPS) is 15.8. The molecule has 0 aromatic heterocycles. The first kappa shape index (κ1) is 25.8. The van der Waals surface area contributed by atoms with Gasteiger partial charge in [-0.2, -0.15) is 4.39 Å². The van der Waals surface area contributed by atoms with Crippen molar-refractivity contribution in [3.63, 3.8) is 0 Å². The molecule has 188 valence electrons. The maximum absolute atomic E-state index is 15.1. The molecule has 0 heterocycles. The largest absolute Gasteiger partial charge is 0.490 e. The Bertz CT molecular complexity index is 1240. The van der Waals surface area contributed by atoms with Crippen molar-refractivity contribution in [2.75, 3.05) is 6.61 Å². The fourth-order valence-corrected chi connectivity index (χ4v) is 4.74. The molecule has 1 atom stereocenters. The molecule has 1 nitrogen and oxygen atoms in total. The van der Waals surface area contributed by atoms with Crippen LogP contribution in [-0.2, 0) is 0 Å². The third kappa shape index (κ3) is 5.92. The van der Waals surface area contributed by atoms with Crippen molar-refractivity contribution in [1.82, 2.24) is 0 Å². The van der Waals surface area contributed by atoms with Crippen LogP contribution >= 0.6 is 0 Å². The van der Waals surface area contributed by atoms with Crippen molar-refractivity contribution in [3.8, 4) is 28.0 Å². The second kappa shape index (κ2) is 12.1. The zero-order valence-corrected chi connectivity index (χ0v) is 21.0. The summed E-state index contributed by atoms with van der Waals surface area (Å²) in [6.45, 7) is 4.46. The molecule has 3 aromatic rings. The number of hydrogen-bond acceptors (Lipinski definition) is 1. The predicted molar refractivity (Wildman–Crippen MR) is 142 cm³/mol. The SMILES string of the molecule is CC=CC1CC=C(c2ccc(-c3ccc(-c4ccc(OCCCCC)c(F)c4F)cc3)c(F)c2)CC1. The molecule has 0 saturated heterocycles. The molecular formula is C32H33F3O. The Labute approximate surface area is 212 Å². The van der Waals surface area contributed by atoms with E-state index in [9.17, 15) is 8.78 Å². The second-order valence-corrected chi connectivity index (χ2v) is 9.36. The van der Waals surface area contributed by atoms with E-state index >= 15 is 4.39 Å². The average Bonchev–Trinajstić information content (AvgIpc) is 2.90. The Morgan fingerprint density at radius 2 is 1.56 bits per heavy atom. The highest BCUT2D eigenvalue weighted by Crippen LogP contribution is 2.35. The summed E-state index contributed by atoms with van der Waals surface area (Å²) < 4.78 is 49.8. The number of hydrogen-bond donors (Lipinski definition) is 0. The average molecular weight is 491 g/mol. The highest BCUT2D eigenvalue weighted by molar-refractivity contribution is 5.74. The molecule has 1 unspecified atom stereocenters. The summed E-state index contributed by atoms with van der Waals surface area (Å²) in [4.78, 5) is 0. The smallest absolute Gasteiger partial charge is 0.201 e. The van der Waals surface area contributed by atoms with E-state index in [2.05, 4.69) is 25.2 Å². The van der Waals surface area contributed by atoms with Gasteiger partial charge >= 0.3 is 0 Å². The number of unbranched alkanes of at least 4 members (excludes halogenated alkanes) is 2. The molecule has 0 aliphatic heterocycles. The first-order chi connectivity index (χ1) is 17.5. The van der Waals surface area contributed by atoms with Crippen LogP contribution in [0.15, 0.2) is 72.8 Å². The van der Waals surface area contributed by atoms with E-state index in [1.807, 2.05) is 13.0 Å². The summed E-state index contributed by atoms with van der Waals surface area (Å²) in [7, 11) is 0. The van der Waals surface area contributed by atoms with E-state index in [0.29, 0.717) is 29.2 Å². The molecule has 0 saturated carbocycles. The number of rotatable bonds is 9. The van der Waals surface area contributed by atoms with E-state index in [1.165, 1.54) is 17.7 Å². The lowest BCUT2D eigenvalue weighted by atomic mass is 9.86. The molecule has 36 heavy (non-hydrogen) atoms. The van der Waals surface area contributed by atoms with Gasteiger partial charge in [0.15, 0.2) is 11.6 Å². The number of benzene rings is 3. The third-order valence-electron chi connectivity index (χ3n) is 6.82. The van der Waals surface area contributed by atoms with Crippen LogP contribution in [0.2, 0.25) is 0 Å². The Kier molecular flexibility index (Phi) is 8.69. The van der Waals surface area contributed by atoms with Gasteiger partial charge in [-0.15, -0.1) is 0 Å². The maximum Gasteiger partial charge on any atom is 0.201 e. The zero-order valence-electron chi connectivity index (χ0n) is 21.0. The molecule has 0 amide bonds. The van der Waals surface area contributed by atoms with Gasteiger partial charge in [0.1, 0.15) is 5.82 Å². The summed E-state index contributed by atoms with van der Waals surface area (Å²) in [6.07, 6.45) is 12.3. The minimum absolute atomic E-state index is 0.0726. The molecule has 0 bridgehead atoms. The zero-order chi connectivity index (χ0) is 25.5. The van der Waals surface area contributed by atoms with Gasteiger partial charge < -0.3 is 4.74 Å². The van der Waals surface area contributed by atoms with Crippen molar-refractivity contribution >= 4 is 5.57 Å². The molecule has 1 aliphatic carbocycles. The lowest BCUT2D eigenvalue weighted by molar-refractivity contribution is 0.286. The van der Waals surface area contributed by atoms with Crippen LogP contribution in [0.5, 0.6) is 5.75 Å². The Morgan fingerprint density at radius 1 is 0.861 bits per heavy atom. The number of ether oxygens (including phenoxy) is 1. The van der Waals surface area contributed by atoms with Gasteiger partial charge in [0.2, 0.25) is 5.82 Å². The third-order valence-corrected chi connectivity index (χ3v) is 6.82. The summed E-state index contributed by atoms with van der Waals surface area (Å²) in [5.74, 6) is -1.73. The van der Waals surface area contributed by atoms with E-state index < -0.39 is 11.6 Å². The van der Waals surface area contributed by atoms with Crippen molar-refractivity contribution in [2.45, 2.75) is 52.4 Å². The van der Waals surface area contributed by atoms with Crippen LogP contribution in [0.1, 0.15) is 57.9 Å². The molecule has 4 heteroatoms. The van der Waals surface area contributed by atoms with E-state index in [0.717, 1.165) is 44.1 Å². The van der Waals surface area contributed by atoms with Gasteiger partial charge in [0, 0.05) is 11.1 Å². The second-order valence-electron chi connectivity index (χ2n) is 9.36. The van der Waals surface area contributed by atoms with Crippen molar-refractivity contribution in [3.05, 3.63) is 95.8 Å². The van der Waals surface area contributed by atoms with Crippen LogP contribution in [-0.4, -0.2) is 6.61 Å². The summed E-state index contributed by atoms with van der Waals surface area (Å²) in [5.41, 5.74) is 3.94. The van der Waals surface area contributed by atoms with Gasteiger partial charge in [0.05, 0.1) is 6.61 Å². The van der Waals surface area contributed by atoms with Crippen LogP contribution in [0.3, 0.4) is 0 Å². The fraction of sp³-hybridized carbons (Fsp3) is 0.312. The maximum atomic E-state index is 15.1. The van der Waals surface area contributed by atoms with Gasteiger partial charge in [0.25, 0.3) is 0 Å². The van der Waals surface area contributed by atoms with Crippen LogP contribution < -0.4 is 4.74 Å².